The van der Waals surface area contributed by atoms with Gasteiger partial charge in [-0.3, -0.25) is 9.89 Å². The molecule has 1 amide bonds. The highest BCUT2D eigenvalue weighted by Crippen LogP contribution is 2.33. The van der Waals surface area contributed by atoms with E-state index in [1.165, 1.54) is 0 Å². The van der Waals surface area contributed by atoms with Gasteiger partial charge in [0, 0.05) is 12.6 Å². The molecule has 2 unspecified atom stereocenters. The van der Waals surface area contributed by atoms with Crippen molar-refractivity contribution in [2.24, 2.45) is 0 Å². The molecule has 3 heterocycles. The van der Waals surface area contributed by atoms with Gasteiger partial charge in [0.2, 0.25) is 5.91 Å². The van der Waals surface area contributed by atoms with Crippen molar-refractivity contribution in [3.05, 3.63) is 11.8 Å². The van der Waals surface area contributed by atoms with Crippen LogP contribution in [0.25, 0.3) is 11.0 Å². The predicted molar refractivity (Wildman–Crippen MR) is 97.1 cm³/mol. The number of nitrogens with two attached hydrogens (primary N) is 1. The van der Waals surface area contributed by atoms with Crippen molar-refractivity contribution in [1.29, 1.82) is 0 Å². The smallest absolute Gasteiger partial charge is 0.221 e. The van der Waals surface area contributed by atoms with Crippen molar-refractivity contribution in [2.45, 2.75) is 31.6 Å². The van der Waals surface area contributed by atoms with Crippen LogP contribution in [0.15, 0.2) is 6.20 Å². The number of aromatic amines is 1. The first-order valence-corrected chi connectivity index (χ1v) is 8.74. The van der Waals surface area contributed by atoms with E-state index >= 15 is 0 Å². The summed E-state index contributed by atoms with van der Waals surface area (Å²) >= 11 is 4.01. The summed E-state index contributed by atoms with van der Waals surface area (Å²) in [5.41, 5.74) is 7.37. The second-order valence-electron chi connectivity index (χ2n) is 5.81. The van der Waals surface area contributed by atoms with E-state index in [4.69, 9.17) is 10.5 Å². The van der Waals surface area contributed by atoms with Crippen LogP contribution >= 0.6 is 12.6 Å². The Morgan fingerprint density at radius 2 is 2.44 bits per heavy atom. The van der Waals surface area contributed by atoms with E-state index in [1.807, 2.05) is 10.8 Å². The fourth-order valence-corrected chi connectivity index (χ4v) is 3.08. The Kier molecular flexibility index (Phi) is 5.53. The molecule has 9 heteroatoms. The molecule has 134 valence electrons. The molecule has 0 saturated carbocycles. The van der Waals surface area contributed by atoms with Crippen molar-refractivity contribution in [1.82, 2.24) is 20.1 Å². The van der Waals surface area contributed by atoms with Gasteiger partial charge in [0.25, 0.3) is 0 Å². The van der Waals surface area contributed by atoms with E-state index in [1.54, 1.807) is 0 Å². The van der Waals surface area contributed by atoms with Gasteiger partial charge < -0.3 is 25.5 Å². The highest BCUT2D eigenvalue weighted by atomic mass is 32.1. The van der Waals surface area contributed by atoms with Gasteiger partial charge in [-0.1, -0.05) is 11.8 Å². The van der Waals surface area contributed by atoms with Crippen LogP contribution in [0.4, 0.5) is 5.82 Å². The third kappa shape index (κ3) is 3.76. The Morgan fingerprint density at radius 3 is 3.16 bits per heavy atom. The first kappa shape index (κ1) is 17.7. The monoisotopic (exact) mass is 363 g/mol. The molecule has 3 rings (SSSR count). The molecule has 8 nitrogen and oxygen atoms in total. The third-order valence-electron chi connectivity index (χ3n) is 4.09. The Labute approximate surface area is 150 Å². The lowest BCUT2D eigenvalue weighted by atomic mass is 10.2. The maximum atomic E-state index is 11.4. The van der Waals surface area contributed by atoms with Crippen LogP contribution in [-0.4, -0.2) is 50.8 Å². The molecule has 2 aromatic heterocycles. The number of aliphatic hydroxyl groups is 1. The summed E-state index contributed by atoms with van der Waals surface area (Å²) in [6.07, 6.45) is 3.44. The number of nitrogens with one attached hydrogen (secondary N) is 2. The van der Waals surface area contributed by atoms with Crippen LogP contribution in [0.5, 0.6) is 0 Å². The molecule has 1 saturated heterocycles. The number of fused-ring (bicyclic) bond motifs is 1. The van der Waals surface area contributed by atoms with Crippen molar-refractivity contribution in [3.63, 3.8) is 0 Å². The van der Waals surface area contributed by atoms with Crippen LogP contribution in [0.2, 0.25) is 0 Å². The van der Waals surface area contributed by atoms with Crippen molar-refractivity contribution >= 4 is 35.4 Å². The van der Waals surface area contributed by atoms with Crippen LogP contribution in [0.1, 0.15) is 31.1 Å². The second-order valence-corrected chi connectivity index (χ2v) is 6.26. The normalized spacial score (nSPS) is 19.8. The number of hydrogen-bond donors (Lipinski definition) is 5. The van der Waals surface area contributed by atoms with Gasteiger partial charge >= 0.3 is 0 Å². The zero-order chi connectivity index (χ0) is 17.8. The fraction of sp³-hybridized carbons (Fsp3) is 0.500. The van der Waals surface area contributed by atoms with Gasteiger partial charge in [0.15, 0.2) is 5.65 Å². The minimum absolute atomic E-state index is 0.00224. The fourth-order valence-electron chi connectivity index (χ4n) is 2.87. The lowest BCUT2D eigenvalue weighted by molar-refractivity contribution is -0.120. The van der Waals surface area contributed by atoms with Gasteiger partial charge in [-0.15, -0.1) is 0 Å². The average molecular weight is 363 g/mol. The predicted octanol–water partition coefficient (Wildman–Crippen LogP) is 0.404. The molecule has 1 aliphatic rings. The minimum Gasteiger partial charge on any atom is -0.394 e. The molecule has 0 aliphatic carbocycles. The molecule has 2 aromatic rings. The quantitative estimate of drug-likeness (QED) is 0.389. The summed E-state index contributed by atoms with van der Waals surface area (Å²) in [5.74, 6) is 6.82. The molecule has 2 atom stereocenters. The number of aliphatic hydroxyl groups excluding tert-OH is 1. The average Bonchev–Trinajstić information content (AvgIpc) is 3.29. The van der Waals surface area contributed by atoms with Gasteiger partial charge in [-0.05, 0) is 18.6 Å². The number of nitrogen functional groups attached to an aromatic ring is 1. The van der Waals surface area contributed by atoms with E-state index in [9.17, 15) is 9.90 Å². The number of hydrogen-bond acceptors (Lipinski definition) is 6. The van der Waals surface area contributed by atoms with E-state index in [2.05, 4.69) is 40.0 Å². The first-order valence-electron chi connectivity index (χ1n) is 8.11. The topological polar surface area (TPSA) is 118 Å². The van der Waals surface area contributed by atoms with E-state index < -0.39 is 0 Å². The Hall–Kier alpha value is -2.15. The summed E-state index contributed by atoms with van der Waals surface area (Å²) < 4.78 is 7.71. The van der Waals surface area contributed by atoms with Crippen LogP contribution in [0, 0.1) is 11.8 Å². The Morgan fingerprint density at radius 1 is 1.60 bits per heavy atom. The highest BCUT2D eigenvalue weighted by molar-refractivity contribution is 7.80. The molecular weight excluding hydrogens is 342 g/mol. The summed E-state index contributed by atoms with van der Waals surface area (Å²) in [6, 6.07) is 0. The van der Waals surface area contributed by atoms with Crippen molar-refractivity contribution in [2.75, 3.05) is 24.6 Å². The maximum Gasteiger partial charge on any atom is 0.221 e. The number of aromatic nitrogens is 3. The molecular formula is C16H21N5O3S. The molecule has 0 aromatic carbocycles. The van der Waals surface area contributed by atoms with Crippen LogP contribution in [-0.2, 0) is 9.53 Å². The van der Waals surface area contributed by atoms with Gasteiger partial charge in [-0.25, -0.2) is 0 Å². The molecule has 5 N–H and O–H groups in total. The zero-order valence-electron chi connectivity index (χ0n) is 13.7. The standard InChI is InChI=1S/C16H21N5O3S/c17-15-14-10(2-1-6-18-12(23)5-7-25)8-21(16(14)20-19-15)13-4-3-11(9-22)24-13/h8,11,13,22,25H,3-7,9H2,(H,18,23)(H3,17,19,20). The molecule has 0 radical (unpaired) electrons. The van der Waals surface area contributed by atoms with Crippen molar-refractivity contribution < 1.29 is 14.6 Å². The van der Waals surface area contributed by atoms with Gasteiger partial charge in [0.1, 0.15) is 12.0 Å². The number of amides is 1. The number of carbonyl (C=O) groups is 1. The van der Waals surface area contributed by atoms with Gasteiger partial charge in [0.05, 0.1) is 30.2 Å². The first-order chi connectivity index (χ1) is 12.1. The molecule has 25 heavy (non-hydrogen) atoms. The van der Waals surface area contributed by atoms with Crippen LogP contribution < -0.4 is 11.1 Å². The number of carbonyl (C=O) groups excluding carboxylic acids is 1. The van der Waals surface area contributed by atoms with Gasteiger partial charge in [-0.2, -0.15) is 17.7 Å². The second kappa shape index (κ2) is 7.82. The number of nitrogens with zero attached hydrogens (tertiary/aromatic N) is 2. The molecule has 1 aliphatic heterocycles. The summed E-state index contributed by atoms with van der Waals surface area (Å²) in [4.78, 5) is 11.4. The SMILES string of the molecule is Nc1[nH]nc2c1c(C#CCNC(=O)CCS)cn2C1CCC(CO)O1. The number of H-pyrrole nitrogens is 1. The van der Waals surface area contributed by atoms with E-state index in [-0.39, 0.29) is 31.4 Å². The summed E-state index contributed by atoms with van der Waals surface area (Å²) in [6.45, 7) is 0.256. The highest BCUT2D eigenvalue weighted by Gasteiger charge is 2.28. The summed E-state index contributed by atoms with van der Waals surface area (Å²) in [7, 11) is 0. The maximum absolute atomic E-state index is 11.4. The third-order valence-corrected chi connectivity index (χ3v) is 4.32. The molecule has 0 spiro atoms. The number of anilines is 1. The largest absolute Gasteiger partial charge is 0.394 e. The van der Waals surface area contributed by atoms with E-state index in [0.29, 0.717) is 23.6 Å². The Balaban J connectivity index is 1.80. The summed E-state index contributed by atoms with van der Waals surface area (Å²) in [5, 5.41) is 19.7. The number of rotatable bonds is 5. The lowest BCUT2D eigenvalue weighted by Gasteiger charge is -2.13. The minimum atomic E-state index is -0.201. The van der Waals surface area contributed by atoms with E-state index in [0.717, 1.165) is 23.8 Å². The zero-order valence-corrected chi connectivity index (χ0v) is 14.6. The van der Waals surface area contributed by atoms with Crippen LogP contribution in [0.3, 0.4) is 0 Å². The van der Waals surface area contributed by atoms with Crippen molar-refractivity contribution in [3.8, 4) is 11.8 Å². The number of thiol groups is 1. The molecule has 0 bridgehead atoms. The lowest BCUT2D eigenvalue weighted by Crippen LogP contribution is -2.23. The Bertz CT molecular complexity index is 819. The molecule has 1 fully saturated rings. The number of ether oxygens (including phenoxy) is 1.